The Bertz CT molecular complexity index is 590. The first kappa shape index (κ1) is 11.9. The lowest BCUT2D eigenvalue weighted by molar-refractivity contribution is 1.02. The zero-order chi connectivity index (χ0) is 12.4. The van der Waals surface area contributed by atoms with Gasteiger partial charge in [-0.05, 0) is 18.2 Å². The number of aromatic amines is 1. The van der Waals surface area contributed by atoms with Gasteiger partial charge < -0.3 is 16.5 Å². The highest BCUT2D eigenvalue weighted by Gasteiger charge is 2.07. The van der Waals surface area contributed by atoms with E-state index in [4.69, 9.17) is 11.5 Å². The quantitative estimate of drug-likeness (QED) is 0.790. The van der Waals surface area contributed by atoms with Gasteiger partial charge in [-0.2, -0.15) is 0 Å². The number of anilines is 1. The molecule has 0 bridgehead atoms. The van der Waals surface area contributed by atoms with Crippen LogP contribution in [-0.4, -0.2) is 4.98 Å². The van der Waals surface area contributed by atoms with E-state index < -0.39 is 0 Å². The topological polar surface area (TPSA) is 84.9 Å². The van der Waals surface area contributed by atoms with Gasteiger partial charge in [0.1, 0.15) is 0 Å². The molecule has 0 amide bonds. The molecule has 0 aliphatic rings. The lowest BCUT2D eigenvalue weighted by atomic mass is 10.1. The Morgan fingerprint density at radius 3 is 2.47 bits per heavy atom. The van der Waals surface area contributed by atoms with Gasteiger partial charge >= 0.3 is 0 Å². The summed E-state index contributed by atoms with van der Waals surface area (Å²) in [4.78, 5) is 14.4. The summed E-state index contributed by atoms with van der Waals surface area (Å²) < 4.78 is 0.973. The average Bonchev–Trinajstić information content (AvgIpc) is 2.33. The van der Waals surface area contributed by atoms with Crippen LogP contribution in [-0.2, 0) is 6.54 Å². The van der Waals surface area contributed by atoms with Gasteiger partial charge in [-0.15, -0.1) is 0 Å². The van der Waals surface area contributed by atoms with Crippen LogP contribution in [0.3, 0.4) is 0 Å². The number of nitrogens with two attached hydrogens (primary N) is 2. The summed E-state index contributed by atoms with van der Waals surface area (Å²) in [6.45, 7) is 0.181. The molecule has 1 heterocycles. The van der Waals surface area contributed by atoms with Crippen LogP contribution >= 0.6 is 15.9 Å². The van der Waals surface area contributed by atoms with Crippen molar-refractivity contribution in [2.45, 2.75) is 6.54 Å². The van der Waals surface area contributed by atoms with Gasteiger partial charge in [0.25, 0.3) is 5.56 Å². The lowest BCUT2D eigenvalue weighted by Crippen LogP contribution is -2.17. The van der Waals surface area contributed by atoms with E-state index in [0.717, 1.165) is 10.0 Å². The molecule has 17 heavy (non-hydrogen) atoms. The third-order valence-corrected chi connectivity index (χ3v) is 3.03. The van der Waals surface area contributed by atoms with E-state index in [1.54, 1.807) is 6.07 Å². The Kier molecular flexibility index (Phi) is 3.31. The van der Waals surface area contributed by atoms with Crippen LogP contribution in [0.2, 0.25) is 0 Å². The van der Waals surface area contributed by atoms with Crippen LogP contribution in [0.25, 0.3) is 11.3 Å². The number of aromatic nitrogens is 1. The van der Waals surface area contributed by atoms with E-state index in [1.807, 2.05) is 24.3 Å². The maximum atomic E-state index is 11.7. The van der Waals surface area contributed by atoms with Crippen molar-refractivity contribution in [2.24, 2.45) is 5.73 Å². The maximum Gasteiger partial charge on any atom is 0.253 e. The molecule has 0 aliphatic carbocycles. The van der Waals surface area contributed by atoms with Crippen molar-refractivity contribution in [3.8, 4) is 11.3 Å². The Balaban J connectivity index is 2.56. The Labute approximate surface area is 107 Å². The standard InChI is InChI=1S/C12H12BrN3O/c13-9-3-1-7(2-4-9)11-10(15)5-8(6-14)12(17)16-11/h1-5H,6,14-15H2,(H,16,17). The van der Waals surface area contributed by atoms with E-state index in [0.29, 0.717) is 16.9 Å². The average molecular weight is 294 g/mol. The number of hydrogen-bond acceptors (Lipinski definition) is 3. The minimum absolute atomic E-state index is 0.181. The van der Waals surface area contributed by atoms with Gasteiger partial charge in [-0.1, -0.05) is 28.1 Å². The fraction of sp³-hybridized carbons (Fsp3) is 0.0833. The van der Waals surface area contributed by atoms with Gasteiger partial charge in [0.05, 0.1) is 11.4 Å². The van der Waals surface area contributed by atoms with Crippen molar-refractivity contribution in [1.82, 2.24) is 4.98 Å². The van der Waals surface area contributed by atoms with Crippen LogP contribution in [0.5, 0.6) is 0 Å². The molecule has 2 rings (SSSR count). The Morgan fingerprint density at radius 1 is 1.24 bits per heavy atom. The second-order valence-corrected chi connectivity index (χ2v) is 4.58. The number of nitrogen functional groups attached to an aromatic ring is 1. The fourth-order valence-corrected chi connectivity index (χ4v) is 1.86. The number of hydrogen-bond donors (Lipinski definition) is 3. The summed E-state index contributed by atoms with van der Waals surface area (Å²) in [6.07, 6.45) is 0. The third-order valence-electron chi connectivity index (χ3n) is 2.50. The first-order valence-electron chi connectivity index (χ1n) is 5.09. The predicted octanol–water partition coefficient (Wildman–Crippen LogP) is 1.85. The monoisotopic (exact) mass is 293 g/mol. The number of pyridine rings is 1. The number of benzene rings is 1. The SMILES string of the molecule is NCc1cc(N)c(-c2ccc(Br)cc2)[nH]c1=O. The molecular weight excluding hydrogens is 282 g/mol. The zero-order valence-electron chi connectivity index (χ0n) is 9.03. The molecule has 0 fully saturated rings. The molecule has 0 aliphatic heterocycles. The molecule has 0 saturated carbocycles. The molecule has 1 aromatic carbocycles. The molecule has 0 spiro atoms. The predicted molar refractivity (Wildman–Crippen MR) is 72.5 cm³/mol. The van der Waals surface area contributed by atoms with Crippen LogP contribution < -0.4 is 17.0 Å². The minimum Gasteiger partial charge on any atom is -0.397 e. The third kappa shape index (κ3) is 2.40. The summed E-state index contributed by atoms with van der Waals surface area (Å²) in [5.41, 5.74) is 13.7. The first-order chi connectivity index (χ1) is 8.11. The van der Waals surface area contributed by atoms with E-state index in [9.17, 15) is 4.79 Å². The maximum absolute atomic E-state index is 11.7. The molecule has 0 radical (unpaired) electrons. The number of rotatable bonds is 2. The molecular formula is C12H12BrN3O. The smallest absolute Gasteiger partial charge is 0.253 e. The first-order valence-corrected chi connectivity index (χ1v) is 5.89. The minimum atomic E-state index is -0.195. The van der Waals surface area contributed by atoms with Crippen molar-refractivity contribution in [3.05, 3.63) is 50.7 Å². The largest absolute Gasteiger partial charge is 0.397 e. The van der Waals surface area contributed by atoms with Gasteiger partial charge in [0.2, 0.25) is 0 Å². The summed E-state index contributed by atoms with van der Waals surface area (Å²) in [7, 11) is 0. The fourth-order valence-electron chi connectivity index (χ4n) is 1.60. The van der Waals surface area contributed by atoms with Crippen molar-refractivity contribution in [2.75, 3.05) is 5.73 Å². The Morgan fingerprint density at radius 2 is 1.88 bits per heavy atom. The van der Waals surface area contributed by atoms with Crippen molar-refractivity contribution in [3.63, 3.8) is 0 Å². The molecule has 5 N–H and O–H groups in total. The summed E-state index contributed by atoms with van der Waals surface area (Å²) in [5.74, 6) is 0. The van der Waals surface area contributed by atoms with Gasteiger partial charge in [-0.3, -0.25) is 4.79 Å². The molecule has 0 atom stereocenters. The normalized spacial score (nSPS) is 10.5. The number of H-pyrrole nitrogens is 1. The van der Waals surface area contributed by atoms with E-state index in [-0.39, 0.29) is 12.1 Å². The molecule has 2 aromatic rings. The highest BCUT2D eigenvalue weighted by molar-refractivity contribution is 9.10. The molecule has 4 nitrogen and oxygen atoms in total. The summed E-state index contributed by atoms with van der Waals surface area (Å²) in [6, 6.07) is 9.17. The van der Waals surface area contributed by atoms with Crippen molar-refractivity contribution < 1.29 is 0 Å². The van der Waals surface area contributed by atoms with Crippen molar-refractivity contribution in [1.29, 1.82) is 0 Å². The van der Waals surface area contributed by atoms with Crippen LogP contribution in [0.15, 0.2) is 39.6 Å². The molecule has 0 unspecified atom stereocenters. The second-order valence-electron chi connectivity index (χ2n) is 3.67. The van der Waals surface area contributed by atoms with Crippen LogP contribution in [0, 0.1) is 0 Å². The number of halogens is 1. The highest BCUT2D eigenvalue weighted by atomic mass is 79.9. The lowest BCUT2D eigenvalue weighted by Gasteiger charge is -2.07. The highest BCUT2D eigenvalue weighted by Crippen LogP contribution is 2.24. The Hall–Kier alpha value is -1.59. The van der Waals surface area contributed by atoms with Gasteiger partial charge in [0, 0.05) is 22.1 Å². The number of nitrogens with one attached hydrogen (secondary N) is 1. The molecule has 0 saturated heterocycles. The van der Waals surface area contributed by atoms with E-state index in [2.05, 4.69) is 20.9 Å². The van der Waals surface area contributed by atoms with E-state index in [1.165, 1.54) is 0 Å². The zero-order valence-corrected chi connectivity index (χ0v) is 10.6. The van der Waals surface area contributed by atoms with Crippen molar-refractivity contribution >= 4 is 21.6 Å². The van der Waals surface area contributed by atoms with Crippen LogP contribution in [0.4, 0.5) is 5.69 Å². The van der Waals surface area contributed by atoms with Gasteiger partial charge in [-0.25, -0.2) is 0 Å². The van der Waals surface area contributed by atoms with Crippen LogP contribution in [0.1, 0.15) is 5.56 Å². The molecule has 1 aromatic heterocycles. The summed E-state index contributed by atoms with van der Waals surface area (Å²) in [5, 5.41) is 0. The van der Waals surface area contributed by atoms with E-state index >= 15 is 0 Å². The molecule has 88 valence electrons. The summed E-state index contributed by atoms with van der Waals surface area (Å²) >= 11 is 3.35. The second kappa shape index (κ2) is 4.73. The molecule has 5 heteroatoms. The van der Waals surface area contributed by atoms with Gasteiger partial charge in [0.15, 0.2) is 0 Å².